The third-order valence-electron chi connectivity index (χ3n) is 12.6. The third-order valence-corrected chi connectivity index (χ3v) is 12.6. The molecule has 2 atom stereocenters. The van der Waals surface area contributed by atoms with Crippen molar-refractivity contribution in [3.63, 3.8) is 0 Å². The van der Waals surface area contributed by atoms with Gasteiger partial charge in [-0.1, -0.05) is 75.4 Å². The van der Waals surface area contributed by atoms with Crippen molar-refractivity contribution in [1.82, 2.24) is 4.40 Å². The van der Waals surface area contributed by atoms with E-state index in [9.17, 15) is 0 Å². The SMILES string of the molecule is Cc1ccccc1-c1cccc[n+]1C1(C)c2cc3c(cc2-c2cc(CC(C)(C)C)cc[n+]2C1C)c1cc2c4ccccc4oc2c2c4ccccc4n3c12. The van der Waals surface area contributed by atoms with Crippen LogP contribution in [-0.4, -0.2) is 4.40 Å². The zero-order valence-electron chi connectivity index (χ0n) is 31.7. The van der Waals surface area contributed by atoms with Gasteiger partial charge in [0.15, 0.2) is 12.4 Å². The lowest BCUT2D eigenvalue weighted by molar-refractivity contribution is -0.830. The first-order valence-corrected chi connectivity index (χ1v) is 19.3. The summed E-state index contributed by atoms with van der Waals surface area (Å²) in [7, 11) is 0. The summed E-state index contributed by atoms with van der Waals surface area (Å²) >= 11 is 0. The average molecular weight is 702 g/mol. The van der Waals surface area contributed by atoms with Gasteiger partial charge in [0, 0.05) is 76.2 Å². The smallest absolute Gasteiger partial charge is 0.252 e. The topological polar surface area (TPSA) is 25.3 Å². The van der Waals surface area contributed by atoms with Crippen molar-refractivity contribution in [2.75, 3.05) is 0 Å². The fourth-order valence-electron chi connectivity index (χ4n) is 9.99. The predicted octanol–water partition coefficient (Wildman–Crippen LogP) is 11.9. The maximum absolute atomic E-state index is 6.72. The zero-order valence-corrected chi connectivity index (χ0v) is 31.7. The molecule has 0 aliphatic carbocycles. The fourth-order valence-corrected chi connectivity index (χ4v) is 9.99. The second kappa shape index (κ2) is 10.8. The van der Waals surface area contributed by atoms with Crippen molar-refractivity contribution in [3.05, 3.63) is 150 Å². The van der Waals surface area contributed by atoms with Crippen LogP contribution in [-0.2, 0) is 12.0 Å². The molecule has 11 rings (SSSR count). The summed E-state index contributed by atoms with van der Waals surface area (Å²) in [6, 6.07) is 45.1. The Labute approximate surface area is 314 Å². The van der Waals surface area contributed by atoms with E-state index in [1.54, 1.807) is 0 Å². The van der Waals surface area contributed by atoms with Gasteiger partial charge in [0.25, 0.3) is 5.54 Å². The third kappa shape index (κ3) is 4.14. The van der Waals surface area contributed by atoms with E-state index in [4.69, 9.17) is 4.42 Å². The van der Waals surface area contributed by atoms with Crippen LogP contribution in [0, 0.1) is 12.3 Å². The van der Waals surface area contributed by atoms with E-state index in [-0.39, 0.29) is 11.5 Å². The van der Waals surface area contributed by atoms with Gasteiger partial charge in [0.2, 0.25) is 17.4 Å². The first kappa shape index (κ1) is 31.5. The van der Waals surface area contributed by atoms with E-state index in [1.807, 2.05) is 0 Å². The summed E-state index contributed by atoms with van der Waals surface area (Å²) in [5, 5.41) is 7.29. The number of nitrogens with zero attached hydrogens (tertiary/aromatic N) is 3. The number of benzene rings is 5. The van der Waals surface area contributed by atoms with Crippen molar-refractivity contribution >= 4 is 60.0 Å². The van der Waals surface area contributed by atoms with Gasteiger partial charge in [-0.2, -0.15) is 9.13 Å². The van der Waals surface area contributed by atoms with Crippen molar-refractivity contribution in [2.24, 2.45) is 5.41 Å². The number of para-hydroxylation sites is 2. The average Bonchev–Trinajstić information content (AvgIpc) is 3.82. The van der Waals surface area contributed by atoms with Crippen LogP contribution in [0.4, 0.5) is 0 Å². The Morgan fingerprint density at radius 1 is 0.685 bits per heavy atom. The van der Waals surface area contributed by atoms with Crippen molar-refractivity contribution in [2.45, 2.75) is 59.5 Å². The first-order chi connectivity index (χ1) is 26.1. The molecular weight excluding hydrogens is 659 g/mol. The Balaban J connectivity index is 1.30. The molecule has 0 spiro atoms. The van der Waals surface area contributed by atoms with Crippen LogP contribution in [0.3, 0.4) is 0 Å². The van der Waals surface area contributed by atoms with Crippen LogP contribution in [0.25, 0.3) is 82.5 Å². The monoisotopic (exact) mass is 701 g/mol. The minimum Gasteiger partial charge on any atom is -0.455 e. The number of pyridine rings is 2. The highest BCUT2D eigenvalue weighted by Gasteiger charge is 2.55. The summed E-state index contributed by atoms with van der Waals surface area (Å²) in [6.07, 6.45) is 5.66. The summed E-state index contributed by atoms with van der Waals surface area (Å²) in [6.45, 7) is 14.1. The molecule has 262 valence electrons. The van der Waals surface area contributed by atoms with Gasteiger partial charge in [-0.15, -0.1) is 0 Å². The van der Waals surface area contributed by atoms with E-state index in [2.05, 4.69) is 189 Å². The first-order valence-electron chi connectivity index (χ1n) is 19.3. The Kier molecular flexibility index (Phi) is 6.30. The molecule has 0 saturated heterocycles. The molecular formula is C50H43N3O+2. The van der Waals surface area contributed by atoms with E-state index in [0.717, 1.165) is 23.0 Å². The molecule has 5 aromatic heterocycles. The highest BCUT2D eigenvalue weighted by molar-refractivity contribution is 6.33. The second-order valence-electron chi connectivity index (χ2n) is 17.0. The van der Waals surface area contributed by atoms with Crippen LogP contribution >= 0.6 is 0 Å². The Hall–Kier alpha value is -6.00. The molecule has 2 unspecified atom stereocenters. The van der Waals surface area contributed by atoms with Crippen LogP contribution in [0.2, 0.25) is 0 Å². The van der Waals surface area contributed by atoms with E-state index < -0.39 is 5.54 Å². The summed E-state index contributed by atoms with van der Waals surface area (Å²) in [5.74, 6) is 0. The standard InChI is InChI=1S/C50H43N3O/c1-30-15-7-8-16-33(30)41-19-13-14-23-52(41)50(6)31(2)51-24-22-32(29-49(3,4)5)25-43(51)39-26-36-37-27-38-34-17-10-12-21-45(34)54-48(38)46-35-18-9-11-20-42(35)53(47(37)46)44(36)28-40(39)50/h7-28,31H,29H2,1-6H3/q+2. The molecule has 1 aliphatic rings. The maximum Gasteiger partial charge on any atom is 0.252 e. The molecule has 0 radical (unpaired) electrons. The van der Waals surface area contributed by atoms with Crippen molar-refractivity contribution < 1.29 is 13.6 Å². The molecule has 10 aromatic rings. The van der Waals surface area contributed by atoms with Crippen molar-refractivity contribution in [1.29, 1.82) is 0 Å². The normalized spacial score (nSPS) is 17.4. The quantitative estimate of drug-likeness (QED) is 0.168. The molecule has 0 fully saturated rings. The van der Waals surface area contributed by atoms with Gasteiger partial charge < -0.3 is 8.82 Å². The molecule has 0 amide bonds. The lowest BCUT2D eigenvalue weighted by atomic mass is 9.76. The summed E-state index contributed by atoms with van der Waals surface area (Å²) < 4.78 is 14.3. The van der Waals surface area contributed by atoms with Gasteiger partial charge in [-0.25, -0.2) is 0 Å². The summed E-state index contributed by atoms with van der Waals surface area (Å²) in [4.78, 5) is 0. The fraction of sp³-hybridized carbons (Fsp3) is 0.200. The molecule has 4 heteroatoms. The van der Waals surface area contributed by atoms with E-state index in [0.29, 0.717) is 0 Å². The van der Waals surface area contributed by atoms with Gasteiger partial charge in [-0.3, -0.25) is 0 Å². The minimum absolute atomic E-state index is 0.107. The lowest BCUT2D eigenvalue weighted by Crippen LogP contribution is -2.67. The molecule has 0 bridgehead atoms. The number of aryl methyl sites for hydroxylation is 1. The summed E-state index contributed by atoms with van der Waals surface area (Å²) in [5.41, 5.74) is 14.3. The van der Waals surface area contributed by atoms with Crippen LogP contribution < -0.4 is 9.13 Å². The number of furan rings is 1. The molecule has 4 nitrogen and oxygen atoms in total. The van der Waals surface area contributed by atoms with Crippen molar-refractivity contribution in [3.8, 4) is 22.5 Å². The maximum atomic E-state index is 6.72. The Bertz CT molecular complexity index is 3170. The van der Waals surface area contributed by atoms with Gasteiger partial charge in [0.05, 0.1) is 27.5 Å². The molecule has 6 heterocycles. The predicted molar refractivity (Wildman–Crippen MR) is 221 cm³/mol. The van der Waals surface area contributed by atoms with Gasteiger partial charge in [0.1, 0.15) is 11.2 Å². The molecule has 0 N–H and O–H groups in total. The largest absolute Gasteiger partial charge is 0.455 e. The number of fused-ring (bicyclic) bond motifs is 13. The molecule has 54 heavy (non-hydrogen) atoms. The molecule has 1 aliphatic heterocycles. The number of rotatable bonds is 3. The Morgan fingerprint density at radius 3 is 2.28 bits per heavy atom. The zero-order chi connectivity index (χ0) is 36.7. The molecule has 0 saturated carbocycles. The lowest BCUT2D eigenvalue weighted by Gasteiger charge is -2.34. The van der Waals surface area contributed by atoms with Crippen LogP contribution in [0.15, 0.2) is 138 Å². The van der Waals surface area contributed by atoms with E-state index >= 15 is 0 Å². The highest BCUT2D eigenvalue weighted by atomic mass is 16.3. The number of hydrogen-bond acceptors (Lipinski definition) is 1. The van der Waals surface area contributed by atoms with Crippen LogP contribution in [0.1, 0.15) is 57.4 Å². The molecule has 5 aromatic carbocycles. The second-order valence-corrected chi connectivity index (χ2v) is 17.0. The van der Waals surface area contributed by atoms with E-state index in [1.165, 1.54) is 82.7 Å². The number of aromatic nitrogens is 3. The van der Waals surface area contributed by atoms with Gasteiger partial charge >= 0.3 is 0 Å². The van der Waals surface area contributed by atoms with Gasteiger partial charge in [-0.05, 0) is 72.4 Å². The highest BCUT2D eigenvalue weighted by Crippen LogP contribution is 2.49. The Morgan fingerprint density at radius 2 is 1.44 bits per heavy atom. The number of hydrogen-bond donors (Lipinski definition) is 0. The minimum atomic E-state index is -0.437. The van der Waals surface area contributed by atoms with Crippen LogP contribution in [0.5, 0.6) is 0 Å².